The monoisotopic (exact) mass is 187 g/mol. The Kier molecular flexibility index (Phi) is 3.93. The van der Waals surface area contributed by atoms with Crippen LogP contribution in [-0.4, -0.2) is 22.9 Å². The lowest BCUT2D eigenvalue weighted by molar-refractivity contribution is 0.427. The maximum Gasteiger partial charge on any atom is 0.321 e. The zero-order chi connectivity index (χ0) is 8.81. The van der Waals surface area contributed by atoms with Crippen molar-refractivity contribution in [1.82, 2.24) is 10.1 Å². The van der Waals surface area contributed by atoms with Crippen LogP contribution in [0.25, 0.3) is 0 Å². The molecule has 0 saturated carbocycles. The molecule has 0 spiro atoms. The van der Waals surface area contributed by atoms with E-state index in [2.05, 4.69) is 22.4 Å². The SMILES string of the molecule is CCCSCc1noc(NC)n1. The Bertz CT molecular complexity index is 226. The quantitative estimate of drug-likeness (QED) is 0.712. The summed E-state index contributed by atoms with van der Waals surface area (Å²) in [7, 11) is 1.76. The minimum Gasteiger partial charge on any atom is -0.341 e. The highest BCUT2D eigenvalue weighted by atomic mass is 32.2. The number of hydrogen-bond donors (Lipinski definition) is 1. The Morgan fingerprint density at radius 2 is 2.42 bits per heavy atom. The van der Waals surface area contributed by atoms with Crippen molar-refractivity contribution in [3.05, 3.63) is 5.82 Å². The van der Waals surface area contributed by atoms with Crippen LogP contribution in [0.3, 0.4) is 0 Å². The first kappa shape index (κ1) is 9.38. The largest absolute Gasteiger partial charge is 0.341 e. The van der Waals surface area contributed by atoms with Crippen molar-refractivity contribution in [3.63, 3.8) is 0 Å². The maximum atomic E-state index is 4.86. The molecule has 0 aromatic carbocycles. The summed E-state index contributed by atoms with van der Waals surface area (Å²) in [5.74, 6) is 2.74. The summed E-state index contributed by atoms with van der Waals surface area (Å²) in [6, 6.07) is 0.488. The third kappa shape index (κ3) is 2.73. The van der Waals surface area contributed by atoms with Gasteiger partial charge < -0.3 is 9.84 Å². The Morgan fingerprint density at radius 1 is 1.58 bits per heavy atom. The van der Waals surface area contributed by atoms with E-state index in [4.69, 9.17) is 4.52 Å². The normalized spacial score (nSPS) is 10.2. The van der Waals surface area contributed by atoms with E-state index in [1.165, 1.54) is 6.42 Å². The first-order chi connectivity index (χ1) is 5.86. The van der Waals surface area contributed by atoms with Gasteiger partial charge in [0.1, 0.15) is 0 Å². The molecule has 0 saturated heterocycles. The molecule has 0 unspecified atom stereocenters. The second kappa shape index (κ2) is 5.03. The zero-order valence-electron chi connectivity index (χ0n) is 7.33. The molecule has 68 valence electrons. The summed E-state index contributed by atoms with van der Waals surface area (Å²) in [6.07, 6.45) is 1.18. The maximum absolute atomic E-state index is 4.86. The number of hydrogen-bond acceptors (Lipinski definition) is 5. The van der Waals surface area contributed by atoms with E-state index >= 15 is 0 Å². The van der Waals surface area contributed by atoms with Crippen LogP contribution in [0.4, 0.5) is 6.01 Å². The van der Waals surface area contributed by atoms with Crippen molar-refractivity contribution in [3.8, 4) is 0 Å². The van der Waals surface area contributed by atoms with Gasteiger partial charge >= 0.3 is 6.01 Å². The van der Waals surface area contributed by atoms with Crippen molar-refractivity contribution in [2.24, 2.45) is 0 Å². The minimum atomic E-state index is 0.488. The van der Waals surface area contributed by atoms with Gasteiger partial charge in [-0.3, -0.25) is 0 Å². The lowest BCUT2D eigenvalue weighted by atomic mass is 10.6. The van der Waals surface area contributed by atoms with Crippen molar-refractivity contribution in [2.75, 3.05) is 18.1 Å². The summed E-state index contributed by atoms with van der Waals surface area (Å²) in [5, 5.41) is 6.58. The summed E-state index contributed by atoms with van der Waals surface area (Å²) >= 11 is 1.82. The molecule has 0 amide bonds. The molecule has 1 rings (SSSR count). The van der Waals surface area contributed by atoms with Crippen LogP contribution in [0, 0.1) is 0 Å². The first-order valence-corrected chi connectivity index (χ1v) is 5.10. The fourth-order valence-electron chi connectivity index (χ4n) is 0.722. The number of nitrogens with zero attached hydrogens (tertiary/aromatic N) is 2. The predicted octanol–water partition coefficient (Wildman–Crippen LogP) is 1.75. The lowest BCUT2D eigenvalue weighted by Gasteiger charge is -1.91. The Balaban J connectivity index is 2.31. The third-order valence-corrected chi connectivity index (χ3v) is 2.42. The summed E-state index contributed by atoms with van der Waals surface area (Å²) in [5.41, 5.74) is 0. The molecule has 1 aromatic heterocycles. The van der Waals surface area contributed by atoms with E-state index < -0.39 is 0 Å². The Hall–Kier alpha value is -0.710. The fraction of sp³-hybridized carbons (Fsp3) is 0.714. The third-order valence-electron chi connectivity index (χ3n) is 1.26. The minimum absolute atomic E-state index is 0.488. The molecule has 0 radical (unpaired) electrons. The Labute approximate surface area is 76.1 Å². The summed E-state index contributed by atoms with van der Waals surface area (Å²) in [4.78, 5) is 4.09. The molecule has 0 aliphatic carbocycles. The van der Waals surface area contributed by atoms with Crippen LogP contribution in [0.15, 0.2) is 4.52 Å². The van der Waals surface area contributed by atoms with Gasteiger partial charge in [-0.05, 0) is 12.2 Å². The molecular formula is C7H13N3OS. The summed E-state index contributed by atoms with van der Waals surface area (Å²) < 4.78 is 4.86. The van der Waals surface area contributed by atoms with Crippen LogP contribution in [0.1, 0.15) is 19.2 Å². The number of anilines is 1. The van der Waals surface area contributed by atoms with Crippen molar-refractivity contribution in [1.29, 1.82) is 0 Å². The number of thioether (sulfide) groups is 1. The number of aromatic nitrogens is 2. The molecular weight excluding hydrogens is 174 g/mol. The van der Waals surface area contributed by atoms with E-state index in [1.54, 1.807) is 7.05 Å². The van der Waals surface area contributed by atoms with E-state index in [-0.39, 0.29) is 0 Å². The molecule has 0 fully saturated rings. The van der Waals surface area contributed by atoms with Gasteiger partial charge in [-0.2, -0.15) is 16.7 Å². The number of nitrogens with one attached hydrogen (secondary N) is 1. The topological polar surface area (TPSA) is 51.0 Å². The highest BCUT2D eigenvalue weighted by Crippen LogP contribution is 2.11. The van der Waals surface area contributed by atoms with E-state index in [1.807, 2.05) is 11.8 Å². The van der Waals surface area contributed by atoms with Gasteiger partial charge in [-0.25, -0.2) is 0 Å². The van der Waals surface area contributed by atoms with Gasteiger partial charge in [0, 0.05) is 7.05 Å². The predicted molar refractivity (Wildman–Crippen MR) is 50.3 cm³/mol. The van der Waals surface area contributed by atoms with Gasteiger partial charge in [0.15, 0.2) is 5.82 Å². The lowest BCUT2D eigenvalue weighted by Crippen LogP contribution is -1.88. The average molecular weight is 187 g/mol. The van der Waals surface area contributed by atoms with E-state index in [0.29, 0.717) is 6.01 Å². The molecule has 0 aliphatic rings. The Morgan fingerprint density at radius 3 is 3.00 bits per heavy atom. The highest BCUT2D eigenvalue weighted by molar-refractivity contribution is 7.98. The van der Waals surface area contributed by atoms with Crippen molar-refractivity contribution < 1.29 is 4.52 Å². The molecule has 12 heavy (non-hydrogen) atoms. The molecule has 1 aromatic rings. The molecule has 4 nitrogen and oxygen atoms in total. The molecule has 0 atom stereocenters. The first-order valence-electron chi connectivity index (χ1n) is 3.95. The molecule has 1 N–H and O–H groups in total. The fourth-order valence-corrected chi connectivity index (χ4v) is 1.45. The van der Waals surface area contributed by atoms with Crippen LogP contribution < -0.4 is 5.32 Å². The summed E-state index contributed by atoms with van der Waals surface area (Å²) in [6.45, 7) is 2.16. The van der Waals surface area contributed by atoms with Crippen molar-refractivity contribution in [2.45, 2.75) is 19.1 Å². The van der Waals surface area contributed by atoms with E-state index in [9.17, 15) is 0 Å². The zero-order valence-corrected chi connectivity index (χ0v) is 8.15. The molecule has 0 bridgehead atoms. The smallest absolute Gasteiger partial charge is 0.321 e. The van der Waals surface area contributed by atoms with Gasteiger partial charge in [-0.1, -0.05) is 12.1 Å². The van der Waals surface area contributed by atoms with Crippen LogP contribution in [-0.2, 0) is 5.75 Å². The van der Waals surface area contributed by atoms with Crippen LogP contribution in [0.2, 0.25) is 0 Å². The standard InChI is InChI=1S/C7H13N3OS/c1-3-4-12-5-6-9-7(8-2)11-10-6/h3-5H2,1-2H3,(H,8,9,10). The van der Waals surface area contributed by atoms with Crippen LogP contribution >= 0.6 is 11.8 Å². The van der Waals surface area contributed by atoms with Gasteiger partial charge in [0.05, 0.1) is 5.75 Å². The average Bonchev–Trinajstić information content (AvgIpc) is 2.53. The molecule has 1 heterocycles. The van der Waals surface area contributed by atoms with Gasteiger partial charge in [0.25, 0.3) is 0 Å². The highest BCUT2D eigenvalue weighted by Gasteiger charge is 2.02. The second-order valence-electron chi connectivity index (χ2n) is 2.32. The van der Waals surface area contributed by atoms with Gasteiger partial charge in [0.2, 0.25) is 0 Å². The second-order valence-corrected chi connectivity index (χ2v) is 3.42. The number of rotatable bonds is 5. The molecule has 5 heteroatoms. The van der Waals surface area contributed by atoms with Crippen LogP contribution in [0.5, 0.6) is 0 Å². The van der Waals surface area contributed by atoms with Gasteiger partial charge in [-0.15, -0.1) is 0 Å². The van der Waals surface area contributed by atoms with E-state index in [0.717, 1.165) is 17.3 Å². The van der Waals surface area contributed by atoms with Crippen molar-refractivity contribution >= 4 is 17.8 Å². The molecule has 0 aliphatic heterocycles.